The van der Waals surface area contributed by atoms with Crippen LogP contribution in [-0.4, -0.2) is 25.8 Å². The van der Waals surface area contributed by atoms with Crippen molar-refractivity contribution in [2.24, 2.45) is 0 Å². The van der Waals surface area contributed by atoms with E-state index in [2.05, 4.69) is 12.2 Å². The summed E-state index contributed by atoms with van der Waals surface area (Å²) in [5.41, 5.74) is 0.406. The van der Waals surface area contributed by atoms with Crippen LogP contribution >= 0.6 is 0 Å². The Bertz CT molecular complexity index is 352. The monoisotopic (exact) mass is 249 g/mol. The molecule has 3 nitrogen and oxygen atoms in total. The second-order valence-electron chi connectivity index (χ2n) is 4.94. The van der Waals surface area contributed by atoms with Crippen molar-refractivity contribution in [3.8, 4) is 11.5 Å². The summed E-state index contributed by atoms with van der Waals surface area (Å²) in [5, 5.41) is 3.63. The van der Waals surface area contributed by atoms with Crippen LogP contribution in [0.1, 0.15) is 32.6 Å². The van der Waals surface area contributed by atoms with Gasteiger partial charge in [-0.2, -0.15) is 0 Å². The van der Waals surface area contributed by atoms with Crippen LogP contribution in [0.2, 0.25) is 0 Å². The molecule has 1 aromatic carbocycles. The van der Waals surface area contributed by atoms with Crippen LogP contribution in [0.25, 0.3) is 0 Å². The number of ether oxygens (including phenoxy) is 2. The van der Waals surface area contributed by atoms with Crippen LogP contribution in [0, 0.1) is 0 Å². The van der Waals surface area contributed by atoms with Crippen molar-refractivity contribution in [2.45, 2.75) is 38.1 Å². The molecule has 100 valence electrons. The molecule has 1 N–H and O–H groups in total. The Morgan fingerprint density at radius 3 is 2.33 bits per heavy atom. The topological polar surface area (TPSA) is 30.5 Å². The van der Waals surface area contributed by atoms with Gasteiger partial charge in [0.25, 0.3) is 0 Å². The van der Waals surface area contributed by atoms with Crippen LogP contribution in [-0.2, 0) is 0 Å². The summed E-state index contributed by atoms with van der Waals surface area (Å²) >= 11 is 0. The Hall–Kier alpha value is -1.22. The van der Waals surface area contributed by atoms with E-state index in [9.17, 15) is 0 Å². The molecular formula is C15H23NO2. The third-order valence-electron chi connectivity index (χ3n) is 3.92. The fourth-order valence-electron chi connectivity index (χ4n) is 2.42. The first kappa shape index (κ1) is 13.2. The Morgan fingerprint density at radius 1 is 1.17 bits per heavy atom. The highest BCUT2D eigenvalue weighted by Gasteiger charge is 2.33. The molecule has 1 aromatic rings. The van der Waals surface area contributed by atoms with Crippen LogP contribution in [0.15, 0.2) is 24.3 Å². The first-order valence-corrected chi connectivity index (χ1v) is 6.80. The van der Waals surface area contributed by atoms with Gasteiger partial charge in [0.2, 0.25) is 0 Å². The maximum atomic E-state index is 5.70. The van der Waals surface area contributed by atoms with Crippen LogP contribution in [0.3, 0.4) is 0 Å². The molecule has 18 heavy (non-hydrogen) atoms. The van der Waals surface area contributed by atoms with Gasteiger partial charge in [0.15, 0.2) is 0 Å². The zero-order valence-corrected chi connectivity index (χ0v) is 11.4. The maximum absolute atomic E-state index is 5.70. The SMILES string of the molecule is CCC1(NCCOc2ccc(OC)cc2)CCC1. The average molecular weight is 249 g/mol. The van der Waals surface area contributed by atoms with E-state index in [-0.39, 0.29) is 0 Å². The normalized spacial score (nSPS) is 17.0. The first-order valence-electron chi connectivity index (χ1n) is 6.80. The van der Waals surface area contributed by atoms with E-state index in [0.29, 0.717) is 12.1 Å². The van der Waals surface area contributed by atoms with Gasteiger partial charge in [0, 0.05) is 12.1 Å². The Morgan fingerprint density at radius 2 is 1.83 bits per heavy atom. The maximum Gasteiger partial charge on any atom is 0.119 e. The summed E-state index contributed by atoms with van der Waals surface area (Å²) in [6.07, 6.45) is 5.20. The third kappa shape index (κ3) is 3.16. The lowest BCUT2D eigenvalue weighted by Crippen LogP contribution is -2.51. The quantitative estimate of drug-likeness (QED) is 0.754. The fraction of sp³-hybridized carbons (Fsp3) is 0.600. The molecule has 1 fully saturated rings. The van der Waals surface area contributed by atoms with Gasteiger partial charge in [0.1, 0.15) is 18.1 Å². The van der Waals surface area contributed by atoms with Crippen molar-refractivity contribution in [2.75, 3.05) is 20.3 Å². The molecule has 1 aliphatic rings. The molecule has 3 heteroatoms. The van der Waals surface area contributed by atoms with Crippen LogP contribution in [0.4, 0.5) is 0 Å². The highest BCUT2D eigenvalue weighted by molar-refractivity contribution is 5.31. The lowest BCUT2D eigenvalue weighted by atomic mass is 9.75. The molecule has 0 radical (unpaired) electrons. The Balaban J connectivity index is 1.68. The van der Waals surface area contributed by atoms with Gasteiger partial charge >= 0.3 is 0 Å². The summed E-state index contributed by atoms with van der Waals surface area (Å²) in [5.74, 6) is 1.76. The molecule has 0 unspecified atom stereocenters. The molecular weight excluding hydrogens is 226 g/mol. The van der Waals surface area contributed by atoms with Gasteiger partial charge in [-0.3, -0.25) is 0 Å². The molecule has 0 bridgehead atoms. The Kier molecular flexibility index (Phi) is 4.48. The van der Waals surface area contributed by atoms with E-state index >= 15 is 0 Å². The molecule has 1 aliphatic carbocycles. The van der Waals surface area contributed by atoms with E-state index < -0.39 is 0 Å². The minimum Gasteiger partial charge on any atom is -0.497 e. The minimum absolute atomic E-state index is 0.406. The van der Waals surface area contributed by atoms with Crippen molar-refractivity contribution < 1.29 is 9.47 Å². The van der Waals surface area contributed by atoms with Gasteiger partial charge in [0.05, 0.1) is 7.11 Å². The van der Waals surface area contributed by atoms with Gasteiger partial charge in [-0.1, -0.05) is 6.92 Å². The van der Waals surface area contributed by atoms with E-state index in [1.165, 1.54) is 25.7 Å². The zero-order chi connectivity index (χ0) is 12.8. The standard InChI is InChI=1S/C15H23NO2/c1-3-15(9-4-10-15)16-11-12-18-14-7-5-13(17-2)6-8-14/h5-8,16H,3-4,9-12H2,1-2H3. The van der Waals surface area contributed by atoms with Gasteiger partial charge in [-0.15, -0.1) is 0 Å². The van der Waals surface area contributed by atoms with Crippen molar-refractivity contribution in [3.05, 3.63) is 24.3 Å². The van der Waals surface area contributed by atoms with E-state index in [1.807, 2.05) is 24.3 Å². The zero-order valence-electron chi connectivity index (χ0n) is 11.4. The number of hydrogen-bond acceptors (Lipinski definition) is 3. The first-order chi connectivity index (χ1) is 8.78. The second kappa shape index (κ2) is 6.10. The van der Waals surface area contributed by atoms with Gasteiger partial charge < -0.3 is 14.8 Å². The van der Waals surface area contributed by atoms with Crippen molar-refractivity contribution >= 4 is 0 Å². The summed E-state index contributed by atoms with van der Waals surface area (Å²) in [6.45, 7) is 3.89. The molecule has 0 aromatic heterocycles. The number of hydrogen-bond donors (Lipinski definition) is 1. The van der Waals surface area contributed by atoms with E-state index in [4.69, 9.17) is 9.47 Å². The van der Waals surface area contributed by atoms with E-state index in [0.717, 1.165) is 18.0 Å². The lowest BCUT2D eigenvalue weighted by molar-refractivity contribution is 0.165. The smallest absolute Gasteiger partial charge is 0.119 e. The molecule has 2 rings (SSSR count). The van der Waals surface area contributed by atoms with E-state index in [1.54, 1.807) is 7.11 Å². The number of methoxy groups -OCH3 is 1. The molecule has 0 heterocycles. The summed E-state index contributed by atoms with van der Waals surface area (Å²) in [6, 6.07) is 7.72. The predicted molar refractivity (Wildman–Crippen MR) is 73.4 cm³/mol. The number of nitrogens with one attached hydrogen (secondary N) is 1. The van der Waals surface area contributed by atoms with Crippen molar-refractivity contribution in [3.63, 3.8) is 0 Å². The Labute approximate surface area is 109 Å². The predicted octanol–water partition coefficient (Wildman–Crippen LogP) is 3.00. The molecule has 0 spiro atoms. The molecule has 0 amide bonds. The van der Waals surface area contributed by atoms with Crippen molar-refractivity contribution in [1.29, 1.82) is 0 Å². The van der Waals surface area contributed by atoms with Gasteiger partial charge in [-0.05, 0) is 49.9 Å². The number of rotatable bonds is 7. The largest absolute Gasteiger partial charge is 0.497 e. The molecule has 0 aliphatic heterocycles. The highest BCUT2D eigenvalue weighted by atomic mass is 16.5. The van der Waals surface area contributed by atoms with Crippen molar-refractivity contribution in [1.82, 2.24) is 5.32 Å². The van der Waals surface area contributed by atoms with Gasteiger partial charge in [-0.25, -0.2) is 0 Å². The molecule has 0 saturated heterocycles. The molecule has 1 saturated carbocycles. The second-order valence-corrected chi connectivity index (χ2v) is 4.94. The lowest BCUT2D eigenvalue weighted by Gasteiger charge is -2.42. The van der Waals surface area contributed by atoms with Crippen LogP contribution in [0.5, 0.6) is 11.5 Å². The molecule has 0 atom stereocenters. The van der Waals surface area contributed by atoms with Crippen LogP contribution < -0.4 is 14.8 Å². The number of benzene rings is 1. The highest BCUT2D eigenvalue weighted by Crippen LogP contribution is 2.34. The minimum atomic E-state index is 0.406. The summed E-state index contributed by atoms with van der Waals surface area (Å²) in [7, 11) is 1.67. The average Bonchev–Trinajstić information content (AvgIpc) is 2.38. The summed E-state index contributed by atoms with van der Waals surface area (Å²) < 4.78 is 10.8. The summed E-state index contributed by atoms with van der Waals surface area (Å²) in [4.78, 5) is 0. The fourth-order valence-corrected chi connectivity index (χ4v) is 2.42. The third-order valence-corrected chi connectivity index (χ3v) is 3.92.